The van der Waals surface area contributed by atoms with Gasteiger partial charge in [-0.2, -0.15) is 0 Å². The largest absolute Gasteiger partial charge is 0.508 e. The Kier molecular flexibility index (Phi) is 3.45. The van der Waals surface area contributed by atoms with Crippen LogP contribution in [0.15, 0.2) is 42.7 Å². The van der Waals surface area contributed by atoms with Crippen LogP contribution in [0.5, 0.6) is 5.75 Å². The third kappa shape index (κ3) is 2.26. The number of aryl methyl sites for hydroxylation is 1. The van der Waals surface area contributed by atoms with Gasteiger partial charge in [-0.3, -0.25) is 4.98 Å². The van der Waals surface area contributed by atoms with Gasteiger partial charge in [0.15, 0.2) is 0 Å². The number of nitrogens with zero attached hydrogens (tertiary/aromatic N) is 1. The van der Waals surface area contributed by atoms with Crippen molar-refractivity contribution in [1.82, 2.24) is 4.98 Å². The first kappa shape index (κ1) is 15.4. The maximum atomic E-state index is 9.83. The van der Waals surface area contributed by atoms with Crippen molar-refractivity contribution in [3.63, 3.8) is 0 Å². The second-order valence-electron chi connectivity index (χ2n) is 8.76. The molecule has 1 aromatic carbocycles. The van der Waals surface area contributed by atoms with E-state index in [1.165, 1.54) is 48.8 Å². The van der Waals surface area contributed by atoms with Gasteiger partial charge in [-0.25, -0.2) is 0 Å². The number of phenols is 1. The summed E-state index contributed by atoms with van der Waals surface area (Å²) in [5.41, 5.74) is 4.80. The first-order valence-corrected chi connectivity index (χ1v) is 9.88. The molecule has 0 bridgehead atoms. The fourth-order valence-electron chi connectivity index (χ4n) is 6.70. The van der Waals surface area contributed by atoms with Gasteiger partial charge >= 0.3 is 0 Å². The van der Waals surface area contributed by atoms with E-state index in [9.17, 15) is 5.11 Å². The fraction of sp³-hybridized carbons (Fsp3) is 0.522. The van der Waals surface area contributed by atoms with Gasteiger partial charge in [0.05, 0.1) is 0 Å². The molecule has 1 heterocycles. The van der Waals surface area contributed by atoms with E-state index in [2.05, 4.69) is 36.3 Å². The van der Waals surface area contributed by atoms with Crippen molar-refractivity contribution in [2.45, 2.75) is 57.3 Å². The van der Waals surface area contributed by atoms with Crippen LogP contribution in [0.4, 0.5) is 0 Å². The molecule has 1 N–H and O–H groups in total. The second-order valence-corrected chi connectivity index (χ2v) is 8.76. The number of pyridine rings is 1. The van der Waals surface area contributed by atoms with E-state index in [1.807, 2.05) is 18.3 Å². The summed E-state index contributed by atoms with van der Waals surface area (Å²) in [6, 6.07) is 10.5. The van der Waals surface area contributed by atoms with Crippen molar-refractivity contribution in [3.05, 3.63) is 59.4 Å². The molecule has 0 saturated heterocycles. The third-order valence-corrected chi connectivity index (χ3v) is 7.80. The predicted molar refractivity (Wildman–Crippen MR) is 99.7 cm³/mol. The molecule has 5 rings (SSSR count). The summed E-state index contributed by atoms with van der Waals surface area (Å²) in [6.45, 7) is 2.56. The molecule has 0 unspecified atom stereocenters. The first-order chi connectivity index (χ1) is 12.2. The maximum absolute atomic E-state index is 9.83. The normalized spacial score (nSPS) is 36.4. The monoisotopic (exact) mass is 333 g/mol. The van der Waals surface area contributed by atoms with Crippen molar-refractivity contribution >= 4 is 0 Å². The highest BCUT2D eigenvalue weighted by atomic mass is 16.3. The van der Waals surface area contributed by atoms with Gasteiger partial charge in [0.25, 0.3) is 0 Å². The molecule has 130 valence electrons. The molecule has 0 amide bonds. The standard InChI is InChI=1S/C23H27NO/c1-23-11-10-19-18-7-5-17(25)13-15(18)4-6-20(19)22(23)9-8-21(23)16-3-2-12-24-14-16/h2-3,5,7,12-14,19-22,25H,4,6,8-11H2,1H3/t19-,20-,21+,22+,23-/m1/s1. The van der Waals surface area contributed by atoms with Crippen LogP contribution in [-0.2, 0) is 6.42 Å². The lowest BCUT2D eigenvalue weighted by atomic mass is 9.53. The van der Waals surface area contributed by atoms with E-state index in [1.54, 1.807) is 0 Å². The predicted octanol–water partition coefficient (Wildman–Crippen LogP) is 5.43. The molecule has 5 atom stereocenters. The lowest BCUT2D eigenvalue weighted by molar-refractivity contribution is 0.0481. The van der Waals surface area contributed by atoms with E-state index < -0.39 is 0 Å². The van der Waals surface area contributed by atoms with Crippen LogP contribution < -0.4 is 0 Å². The van der Waals surface area contributed by atoms with Gasteiger partial charge in [0.1, 0.15) is 5.75 Å². The Morgan fingerprint density at radius 3 is 2.88 bits per heavy atom. The molecule has 2 nitrogen and oxygen atoms in total. The van der Waals surface area contributed by atoms with Crippen LogP contribution in [0.25, 0.3) is 0 Å². The Bertz CT molecular complexity index is 786. The van der Waals surface area contributed by atoms with Gasteiger partial charge in [-0.1, -0.05) is 19.1 Å². The van der Waals surface area contributed by atoms with E-state index in [0.29, 0.717) is 23.0 Å². The number of benzene rings is 1. The zero-order chi connectivity index (χ0) is 17.0. The van der Waals surface area contributed by atoms with E-state index in [0.717, 1.165) is 18.3 Å². The molecule has 0 aliphatic heterocycles. The Morgan fingerprint density at radius 1 is 1.12 bits per heavy atom. The molecule has 3 aliphatic rings. The Morgan fingerprint density at radius 2 is 2.04 bits per heavy atom. The smallest absolute Gasteiger partial charge is 0.115 e. The first-order valence-electron chi connectivity index (χ1n) is 9.88. The minimum Gasteiger partial charge on any atom is -0.508 e. The number of fused-ring (bicyclic) bond motifs is 5. The zero-order valence-electron chi connectivity index (χ0n) is 15.0. The molecule has 2 aromatic rings. The van der Waals surface area contributed by atoms with Crippen LogP contribution >= 0.6 is 0 Å². The van der Waals surface area contributed by atoms with E-state index in [4.69, 9.17) is 0 Å². The lowest BCUT2D eigenvalue weighted by Crippen LogP contribution is -2.41. The fourth-order valence-corrected chi connectivity index (χ4v) is 6.70. The number of aromatic hydroxyl groups is 1. The summed E-state index contributed by atoms with van der Waals surface area (Å²) in [5, 5.41) is 9.83. The third-order valence-electron chi connectivity index (χ3n) is 7.80. The number of hydrogen-bond donors (Lipinski definition) is 1. The summed E-state index contributed by atoms with van der Waals surface area (Å²) < 4.78 is 0. The summed E-state index contributed by atoms with van der Waals surface area (Å²) in [7, 11) is 0. The van der Waals surface area contributed by atoms with Crippen LogP contribution in [0.1, 0.15) is 67.6 Å². The Hall–Kier alpha value is -1.83. The van der Waals surface area contributed by atoms with Crippen LogP contribution in [0.3, 0.4) is 0 Å². The summed E-state index contributed by atoms with van der Waals surface area (Å²) in [6.07, 6.45) is 11.7. The highest BCUT2D eigenvalue weighted by Gasteiger charge is 2.54. The van der Waals surface area contributed by atoms with E-state index in [-0.39, 0.29) is 0 Å². The molecule has 0 spiro atoms. The van der Waals surface area contributed by atoms with Crippen LogP contribution in [0.2, 0.25) is 0 Å². The second kappa shape index (κ2) is 5.59. The molecule has 3 aliphatic carbocycles. The van der Waals surface area contributed by atoms with Crippen molar-refractivity contribution in [2.75, 3.05) is 0 Å². The van der Waals surface area contributed by atoms with Crippen molar-refractivity contribution in [2.24, 2.45) is 17.3 Å². The number of aromatic nitrogens is 1. The SMILES string of the molecule is C[C@]12CC[C@@H]3c4ccc(O)cc4CC[C@H]3[C@@H]1CC[C@H]2c1cccnc1. The van der Waals surface area contributed by atoms with Gasteiger partial charge < -0.3 is 5.11 Å². The minimum absolute atomic E-state index is 0.426. The molecule has 25 heavy (non-hydrogen) atoms. The molecule has 2 heteroatoms. The van der Waals surface area contributed by atoms with Gasteiger partial charge in [-0.05, 0) is 103 Å². The van der Waals surface area contributed by atoms with Crippen LogP contribution in [0, 0.1) is 17.3 Å². The number of hydrogen-bond acceptors (Lipinski definition) is 2. The molecular formula is C23H27NO. The molecule has 2 fully saturated rings. The molecule has 0 radical (unpaired) electrons. The zero-order valence-corrected chi connectivity index (χ0v) is 15.0. The van der Waals surface area contributed by atoms with E-state index >= 15 is 0 Å². The van der Waals surface area contributed by atoms with Crippen molar-refractivity contribution in [3.8, 4) is 5.75 Å². The topological polar surface area (TPSA) is 33.1 Å². The van der Waals surface area contributed by atoms with Crippen molar-refractivity contribution < 1.29 is 5.11 Å². The molecular weight excluding hydrogens is 306 g/mol. The summed E-state index contributed by atoms with van der Waals surface area (Å²) >= 11 is 0. The quantitative estimate of drug-likeness (QED) is 0.755. The number of rotatable bonds is 1. The minimum atomic E-state index is 0.426. The average Bonchev–Trinajstić information content (AvgIpc) is 2.99. The highest BCUT2D eigenvalue weighted by molar-refractivity contribution is 5.40. The lowest BCUT2D eigenvalue weighted by Gasteiger charge is -2.51. The highest BCUT2D eigenvalue weighted by Crippen LogP contribution is 2.65. The number of phenolic OH excluding ortho intramolecular Hbond substituents is 1. The molecule has 1 aromatic heterocycles. The van der Waals surface area contributed by atoms with Gasteiger partial charge in [0, 0.05) is 12.4 Å². The maximum Gasteiger partial charge on any atom is 0.115 e. The van der Waals surface area contributed by atoms with Gasteiger partial charge in [-0.15, -0.1) is 0 Å². The average molecular weight is 333 g/mol. The summed E-state index contributed by atoms with van der Waals surface area (Å²) in [4.78, 5) is 4.39. The van der Waals surface area contributed by atoms with Crippen molar-refractivity contribution in [1.29, 1.82) is 0 Å². The summed E-state index contributed by atoms with van der Waals surface area (Å²) in [5.74, 6) is 3.45. The van der Waals surface area contributed by atoms with Crippen LogP contribution in [-0.4, -0.2) is 10.1 Å². The Labute approximate surface area is 150 Å². The van der Waals surface area contributed by atoms with Gasteiger partial charge in [0.2, 0.25) is 0 Å². The Balaban J connectivity index is 1.48. The molecule has 2 saturated carbocycles.